The highest BCUT2D eigenvalue weighted by atomic mass is 19.1. The first kappa shape index (κ1) is 17.5. The molecular formula is C20H24FN3O. The molecule has 1 aliphatic heterocycles. The summed E-state index contributed by atoms with van der Waals surface area (Å²) in [5.41, 5.74) is 2.61. The number of aromatic nitrogens is 1. The Bertz CT molecular complexity index is 724. The molecule has 0 N–H and O–H groups in total. The molecule has 0 saturated carbocycles. The molecule has 25 heavy (non-hydrogen) atoms. The minimum absolute atomic E-state index is 0.0137. The highest BCUT2D eigenvalue weighted by Gasteiger charge is 2.25. The van der Waals surface area contributed by atoms with Crippen molar-refractivity contribution < 1.29 is 9.18 Å². The minimum atomic E-state index is -0.166. The second-order valence-corrected chi connectivity index (χ2v) is 6.60. The first-order valence-corrected chi connectivity index (χ1v) is 8.72. The maximum Gasteiger partial charge on any atom is 0.227 e. The molecule has 2 aromatic rings. The highest BCUT2D eigenvalue weighted by molar-refractivity contribution is 5.78. The van der Waals surface area contributed by atoms with Crippen LogP contribution in [0.1, 0.15) is 29.8 Å². The number of amides is 1. The fourth-order valence-electron chi connectivity index (χ4n) is 3.26. The molecule has 1 amide bonds. The fraction of sp³-hybridized carbons (Fsp3) is 0.400. The van der Waals surface area contributed by atoms with Crippen LogP contribution in [0.25, 0.3) is 0 Å². The van der Waals surface area contributed by atoms with Gasteiger partial charge in [-0.1, -0.05) is 24.3 Å². The van der Waals surface area contributed by atoms with Crippen LogP contribution in [0.5, 0.6) is 0 Å². The summed E-state index contributed by atoms with van der Waals surface area (Å²) < 4.78 is 14.0. The van der Waals surface area contributed by atoms with Crippen molar-refractivity contribution in [2.75, 3.05) is 26.2 Å². The zero-order valence-electron chi connectivity index (χ0n) is 14.8. The third-order valence-electron chi connectivity index (χ3n) is 4.90. The van der Waals surface area contributed by atoms with Crippen LogP contribution in [0.3, 0.4) is 0 Å². The Hall–Kier alpha value is -2.27. The molecule has 1 saturated heterocycles. The van der Waals surface area contributed by atoms with E-state index in [0.29, 0.717) is 25.1 Å². The first-order chi connectivity index (χ1) is 12.0. The van der Waals surface area contributed by atoms with Gasteiger partial charge < -0.3 is 4.90 Å². The van der Waals surface area contributed by atoms with E-state index < -0.39 is 0 Å². The quantitative estimate of drug-likeness (QED) is 0.858. The third-order valence-corrected chi connectivity index (χ3v) is 4.90. The van der Waals surface area contributed by atoms with Crippen molar-refractivity contribution in [2.45, 2.75) is 26.3 Å². The Morgan fingerprint density at radius 2 is 1.88 bits per heavy atom. The number of piperazine rings is 1. The number of nitrogens with zero attached hydrogens (tertiary/aromatic N) is 3. The number of halogens is 1. The molecule has 2 heterocycles. The van der Waals surface area contributed by atoms with Crippen molar-refractivity contribution in [3.05, 3.63) is 65.2 Å². The molecule has 0 aliphatic carbocycles. The first-order valence-electron chi connectivity index (χ1n) is 8.72. The molecule has 1 atom stereocenters. The number of carbonyl (C=O) groups is 1. The van der Waals surface area contributed by atoms with Crippen molar-refractivity contribution in [1.29, 1.82) is 0 Å². The van der Waals surface area contributed by atoms with E-state index >= 15 is 0 Å². The van der Waals surface area contributed by atoms with Gasteiger partial charge in [0.25, 0.3) is 0 Å². The standard InChI is InChI=1S/C20H24FN3O/c1-15-7-8-17(14-22-15)13-20(25)24-11-9-23(10-12-24)16(2)18-5-3-4-6-19(18)21/h3-8,14,16H,9-13H2,1-2H3/t16-/m1/s1. The molecule has 4 nitrogen and oxygen atoms in total. The van der Waals surface area contributed by atoms with E-state index in [1.165, 1.54) is 6.07 Å². The van der Waals surface area contributed by atoms with E-state index in [9.17, 15) is 9.18 Å². The molecule has 5 heteroatoms. The van der Waals surface area contributed by atoms with E-state index in [2.05, 4.69) is 9.88 Å². The second-order valence-electron chi connectivity index (χ2n) is 6.60. The second kappa shape index (κ2) is 7.74. The van der Waals surface area contributed by atoms with E-state index in [-0.39, 0.29) is 17.8 Å². The molecule has 1 aliphatic rings. The van der Waals surface area contributed by atoms with Gasteiger partial charge >= 0.3 is 0 Å². The van der Waals surface area contributed by atoms with E-state index in [4.69, 9.17) is 0 Å². The van der Waals surface area contributed by atoms with Gasteiger partial charge in [0.1, 0.15) is 5.82 Å². The van der Waals surface area contributed by atoms with Gasteiger partial charge in [-0.2, -0.15) is 0 Å². The summed E-state index contributed by atoms with van der Waals surface area (Å²) >= 11 is 0. The van der Waals surface area contributed by atoms with Gasteiger partial charge in [0, 0.05) is 49.7 Å². The molecule has 0 radical (unpaired) electrons. The van der Waals surface area contributed by atoms with E-state index in [1.807, 2.05) is 43.0 Å². The van der Waals surface area contributed by atoms with Gasteiger partial charge in [-0.05, 0) is 31.5 Å². The van der Waals surface area contributed by atoms with Crippen LogP contribution in [0.15, 0.2) is 42.6 Å². The maximum atomic E-state index is 14.0. The highest BCUT2D eigenvalue weighted by Crippen LogP contribution is 2.24. The van der Waals surface area contributed by atoms with Crippen molar-refractivity contribution in [3.8, 4) is 0 Å². The molecule has 1 aromatic carbocycles. The summed E-state index contributed by atoms with van der Waals surface area (Å²) in [6.45, 7) is 6.82. The fourth-order valence-corrected chi connectivity index (χ4v) is 3.26. The minimum Gasteiger partial charge on any atom is -0.340 e. The van der Waals surface area contributed by atoms with Gasteiger partial charge in [0.15, 0.2) is 0 Å². The topological polar surface area (TPSA) is 36.4 Å². The Kier molecular flexibility index (Phi) is 5.43. The van der Waals surface area contributed by atoms with Gasteiger partial charge in [-0.3, -0.25) is 14.7 Å². The number of rotatable bonds is 4. The zero-order chi connectivity index (χ0) is 17.8. The predicted octanol–water partition coefficient (Wildman–Crippen LogP) is 2.98. The third kappa shape index (κ3) is 4.23. The van der Waals surface area contributed by atoms with Crippen molar-refractivity contribution in [3.63, 3.8) is 0 Å². The Balaban J connectivity index is 1.55. The molecule has 0 bridgehead atoms. The van der Waals surface area contributed by atoms with E-state index in [0.717, 1.165) is 24.3 Å². The lowest BCUT2D eigenvalue weighted by Gasteiger charge is -2.38. The van der Waals surface area contributed by atoms with Crippen molar-refractivity contribution in [1.82, 2.24) is 14.8 Å². The number of carbonyl (C=O) groups excluding carboxylic acids is 1. The zero-order valence-corrected chi connectivity index (χ0v) is 14.8. The molecule has 132 valence electrons. The number of pyridine rings is 1. The van der Waals surface area contributed by atoms with Crippen LogP contribution < -0.4 is 0 Å². The lowest BCUT2D eigenvalue weighted by Crippen LogP contribution is -2.49. The summed E-state index contributed by atoms with van der Waals surface area (Å²) in [5.74, 6) is -0.0378. The molecular weight excluding hydrogens is 317 g/mol. The summed E-state index contributed by atoms with van der Waals surface area (Å²) in [7, 11) is 0. The van der Waals surface area contributed by atoms with Gasteiger partial charge in [-0.25, -0.2) is 4.39 Å². The van der Waals surface area contributed by atoms with Crippen LogP contribution in [0, 0.1) is 12.7 Å². The number of hydrogen-bond acceptors (Lipinski definition) is 3. The van der Waals surface area contributed by atoms with Crippen LogP contribution in [0.2, 0.25) is 0 Å². The summed E-state index contributed by atoms with van der Waals surface area (Å²) in [5, 5.41) is 0. The summed E-state index contributed by atoms with van der Waals surface area (Å²) in [6.07, 6.45) is 2.15. The lowest BCUT2D eigenvalue weighted by molar-refractivity contribution is -0.132. The SMILES string of the molecule is Cc1ccc(CC(=O)N2CCN([C@H](C)c3ccccc3F)CC2)cn1. The normalized spacial score (nSPS) is 16.7. The number of aryl methyl sites for hydroxylation is 1. The van der Waals surface area contributed by atoms with Gasteiger partial charge in [0.05, 0.1) is 6.42 Å². The predicted molar refractivity (Wildman–Crippen MR) is 95.6 cm³/mol. The maximum absolute atomic E-state index is 14.0. The largest absolute Gasteiger partial charge is 0.340 e. The van der Waals surface area contributed by atoms with Crippen LogP contribution >= 0.6 is 0 Å². The Morgan fingerprint density at radius 1 is 1.16 bits per heavy atom. The molecule has 0 unspecified atom stereocenters. The number of benzene rings is 1. The average Bonchev–Trinajstić information content (AvgIpc) is 2.63. The smallest absolute Gasteiger partial charge is 0.227 e. The average molecular weight is 341 g/mol. The number of hydrogen-bond donors (Lipinski definition) is 0. The van der Waals surface area contributed by atoms with Crippen molar-refractivity contribution >= 4 is 5.91 Å². The van der Waals surface area contributed by atoms with E-state index in [1.54, 1.807) is 12.3 Å². The van der Waals surface area contributed by atoms with Crippen LogP contribution in [-0.2, 0) is 11.2 Å². The van der Waals surface area contributed by atoms with Gasteiger partial charge in [0.2, 0.25) is 5.91 Å². The lowest BCUT2D eigenvalue weighted by atomic mass is 10.1. The molecule has 3 rings (SSSR count). The van der Waals surface area contributed by atoms with Gasteiger partial charge in [-0.15, -0.1) is 0 Å². The molecule has 0 spiro atoms. The Morgan fingerprint density at radius 3 is 2.52 bits per heavy atom. The van der Waals surface area contributed by atoms with Crippen molar-refractivity contribution in [2.24, 2.45) is 0 Å². The summed E-state index contributed by atoms with van der Waals surface area (Å²) in [6, 6.07) is 10.8. The molecule has 1 aromatic heterocycles. The summed E-state index contributed by atoms with van der Waals surface area (Å²) in [4.78, 5) is 20.8. The Labute approximate surface area is 148 Å². The van der Waals surface area contributed by atoms with Crippen LogP contribution in [0.4, 0.5) is 4.39 Å². The monoisotopic (exact) mass is 341 g/mol. The van der Waals surface area contributed by atoms with Crippen LogP contribution in [-0.4, -0.2) is 46.9 Å². The molecule has 1 fully saturated rings.